The summed E-state index contributed by atoms with van der Waals surface area (Å²) >= 11 is 0. The quantitative estimate of drug-likeness (QED) is 0.565. The topological polar surface area (TPSA) is 43.4 Å². The smallest absolute Gasteiger partial charge is 0.381 e. The Hall–Kier alpha value is -0.720. The van der Waals surface area contributed by atoms with Gasteiger partial charge in [0.15, 0.2) is 0 Å². The van der Waals surface area contributed by atoms with Gasteiger partial charge in [-0.2, -0.15) is 21.6 Å². The van der Waals surface area contributed by atoms with Gasteiger partial charge in [-0.25, -0.2) is 0 Å². The monoisotopic (exact) mass is 300 g/mol. The van der Waals surface area contributed by atoms with Crippen molar-refractivity contribution in [3.8, 4) is 0 Å². The van der Waals surface area contributed by atoms with Crippen LogP contribution in [-0.4, -0.2) is 13.9 Å². The summed E-state index contributed by atoms with van der Waals surface area (Å²) in [7, 11) is -5.52. The fraction of sp³-hybridized carbons (Fsp3) is 0.833. The zero-order chi connectivity index (χ0) is 14.4. The van der Waals surface area contributed by atoms with E-state index in [0.717, 1.165) is 38.5 Å². The minimum absolute atomic E-state index is 0.0702. The first-order chi connectivity index (χ1) is 8.83. The fourth-order valence-electron chi connectivity index (χ4n) is 1.96. The molecule has 0 N–H and O–H groups in total. The first kappa shape index (κ1) is 16.3. The Balaban J connectivity index is 2.68. The van der Waals surface area contributed by atoms with Crippen molar-refractivity contribution in [1.82, 2.24) is 0 Å². The molecule has 1 aliphatic rings. The molecule has 1 aliphatic carbocycles. The number of halogens is 3. The van der Waals surface area contributed by atoms with E-state index in [1.807, 2.05) is 0 Å². The molecule has 0 spiro atoms. The number of allylic oxidation sites excluding steroid dienone is 2. The molecule has 7 heteroatoms. The standard InChI is InChI=1S/C12H19F3O3S/c13-12(14,15)19(16,17)18-11-9-7-5-3-1-2-4-6-8-10-11/h9H,1-8,10H2/b11-9+. The Kier molecular flexibility index (Phi) is 6.16. The maximum absolute atomic E-state index is 12.2. The van der Waals surface area contributed by atoms with E-state index in [1.54, 1.807) is 0 Å². The molecule has 1 rings (SSSR count). The molecular weight excluding hydrogens is 281 g/mol. The third kappa shape index (κ3) is 5.84. The summed E-state index contributed by atoms with van der Waals surface area (Å²) < 4.78 is 62.8. The van der Waals surface area contributed by atoms with Crippen molar-refractivity contribution < 1.29 is 25.8 Å². The first-order valence-electron chi connectivity index (χ1n) is 6.53. The molecular formula is C12H19F3O3S. The molecule has 0 aromatic rings. The summed E-state index contributed by atoms with van der Waals surface area (Å²) in [5, 5.41) is 0. The summed E-state index contributed by atoms with van der Waals surface area (Å²) in [4.78, 5) is 0. The average molecular weight is 300 g/mol. The van der Waals surface area contributed by atoms with E-state index >= 15 is 0 Å². The van der Waals surface area contributed by atoms with Crippen LogP contribution in [0.25, 0.3) is 0 Å². The normalized spacial score (nSPS) is 23.0. The summed E-state index contributed by atoms with van der Waals surface area (Å²) in [5.41, 5.74) is -5.36. The van der Waals surface area contributed by atoms with Crippen LogP contribution in [0.2, 0.25) is 0 Å². The second-order valence-electron chi connectivity index (χ2n) is 4.67. The second kappa shape index (κ2) is 7.17. The highest BCUT2D eigenvalue weighted by atomic mass is 32.2. The van der Waals surface area contributed by atoms with Gasteiger partial charge in [-0.05, 0) is 25.3 Å². The zero-order valence-electron chi connectivity index (χ0n) is 10.7. The second-order valence-corrected chi connectivity index (χ2v) is 6.21. The summed E-state index contributed by atoms with van der Waals surface area (Å²) in [6.07, 6.45) is 8.94. The van der Waals surface area contributed by atoms with Gasteiger partial charge >= 0.3 is 15.6 Å². The molecule has 0 aliphatic heterocycles. The molecule has 19 heavy (non-hydrogen) atoms. The van der Waals surface area contributed by atoms with E-state index in [1.165, 1.54) is 6.08 Å². The SMILES string of the molecule is O=S(=O)(O/C1=C/CCCCCCCCC1)C(F)(F)F. The molecule has 0 aromatic carbocycles. The molecule has 0 heterocycles. The molecule has 3 nitrogen and oxygen atoms in total. The lowest BCUT2D eigenvalue weighted by atomic mass is 10.1. The predicted octanol–water partition coefficient (Wildman–Crippen LogP) is 4.26. The first-order valence-corrected chi connectivity index (χ1v) is 7.93. The molecule has 0 atom stereocenters. The van der Waals surface area contributed by atoms with Crippen LogP contribution in [0.15, 0.2) is 11.8 Å². The molecule has 0 saturated carbocycles. The molecule has 0 unspecified atom stereocenters. The van der Waals surface area contributed by atoms with Gasteiger partial charge in [-0.3, -0.25) is 0 Å². The van der Waals surface area contributed by atoms with Gasteiger partial charge in [0.05, 0.1) is 0 Å². The zero-order valence-corrected chi connectivity index (χ0v) is 11.5. The van der Waals surface area contributed by atoms with Crippen molar-refractivity contribution in [2.45, 2.75) is 63.3 Å². The minimum atomic E-state index is -5.52. The Morgan fingerprint density at radius 3 is 2.05 bits per heavy atom. The summed E-state index contributed by atoms with van der Waals surface area (Å²) in [6, 6.07) is 0. The molecule has 0 amide bonds. The van der Waals surface area contributed by atoms with Crippen LogP contribution in [-0.2, 0) is 14.3 Å². The van der Waals surface area contributed by atoms with Crippen LogP contribution >= 0.6 is 0 Å². The Bertz CT molecular complexity index is 399. The largest absolute Gasteiger partial charge is 0.534 e. The van der Waals surface area contributed by atoms with Crippen LogP contribution in [0, 0.1) is 0 Å². The van der Waals surface area contributed by atoms with Crippen molar-refractivity contribution in [1.29, 1.82) is 0 Å². The maximum atomic E-state index is 12.2. The number of alkyl halides is 3. The Labute approximate surface area is 112 Å². The lowest BCUT2D eigenvalue weighted by Crippen LogP contribution is -2.25. The van der Waals surface area contributed by atoms with Crippen molar-refractivity contribution in [3.05, 3.63) is 11.8 Å². The molecule has 0 saturated heterocycles. The Morgan fingerprint density at radius 1 is 0.947 bits per heavy atom. The van der Waals surface area contributed by atoms with E-state index in [4.69, 9.17) is 0 Å². The maximum Gasteiger partial charge on any atom is 0.534 e. The van der Waals surface area contributed by atoms with E-state index in [0.29, 0.717) is 12.8 Å². The third-order valence-corrected chi connectivity index (χ3v) is 4.00. The van der Waals surface area contributed by atoms with Crippen LogP contribution in [0.1, 0.15) is 57.8 Å². The average Bonchev–Trinajstić information content (AvgIpc) is 2.33. The minimum Gasteiger partial charge on any atom is -0.381 e. The molecule has 0 fully saturated rings. The molecule has 112 valence electrons. The Morgan fingerprint density at radius 2 is 1.47 bits per heavy atom. The van der Waals surface area contributed by atoms with Crippen LogP contribution < -0.4 is 0 Å². The molecule has 0 radical (unpaired) electrons. The van der Waals surface area contributed by atoms with Gasteiger partial charge in [-0.1, -0.05) is 32.1 Å². The van der Waals surface area contributed by atoms with Gasteiger partial charge < -0.3 is 4.18 Å². The summed E-state index contributed by atoms with van der Waals surface area (Å²) in [5.74, 6) is -0.0702. The highest BCUT2D eigenvalue weighted by molar-refractivity contribution is 7.87. The van der Waals surface area contributed by atoms with Gasteiger partial charge in [0, 0.05) is 6.42 Å². The van der Waals surface area contributed by atoms with E-state index in [2.05, 4.69) is 4.18 Å². The fourth-order valence-corrected chi connectivity index (χ4v) is 2.48. The van der Waals surface area contributed by atoms with Gasteiger partial charge in [-0.15, -0.1) is 0 Å². The van der Waals surface area contributed by atoms with Crippen LogP contribution in [0.5, 0.6) is 0 Å². The van der Waals surface area contributed by atoms with Crippen molar-refractivity contribution >= 4 is 10.1 Å². The van der Waals surface area contributed by atoms with Crippen molar-refractivity contribution in [2.24, 2.45) is 0 Å². The highest BCUT2D eigenvalue weighted by Gasteiger charge is 2.48. The number of rotatable bonds is 2. The highest BCUT2D eigenvalue weighted by Crippen LogP contribution is 2.28. The predicted molar refractivity (Wildman–Crippen MR) is 65.7 cm³/mol. The molecule has 0 bridgehead atoms. The van der Waals surface area contributed by atoms with E-state index in [9.17, 15) is 21.6 Å². The van der Waals surface area contributed by atoms with Gasteiger partial charge in [0.1, 0.15) is 5.76 Å². The lowest BCUT2D eigenvalue weighted by molar-refractivity contribution is -0.0523. The van der Waals surface area contributed by atoms with Crippen LogP contribution in [0.3, 0.4) is 0 Å². The van der Waals surface area contributed by atoms with Crippen molar-refractivity contribution in [2.75, 3.05) is 0 Å². The van der Waals surface area contributed by atoms with Gasteiger partial charge in [0.25, 0.3) is 0 Å². The number of hydrogen-bond donors (Lipinski definition) is 0. The van der Waals surface area contributed by atoms with Crippen molar-refractivity contribution in [3.63, 3.8) is 0 Å². The van der Waals surface area contributed by atoms with Crippen LogP contribution in [0.4, 0.5) is 13.2 Å². The third-order valence-electron chi connectivity index (χ3n) is 3.00. The van der Waals surface area contributed by atoms with Gasteiger partial charge in [0.2, 0.25) is 0 Å². The summed E-state index contributed by atoms with van der Waals surface area (Å²) in [6.45, 7) is 0. The van der Waals surface area contributed by atoms with E-state index < -0.39 is 15.6 Å². The van der Waals surface area contributed by atoms with E-state index in [-0.39, 0.29) is 12.2 Å². The molecule has 0 aromatic heterocycles. The number of hydrogen-bond acceptors (Lipinski definition) is 3. The lowest BCUT2D eigenvalue weighted by Gasteiger charge is -2.12.